The first-order chi connectivity index (χ1) is 16.3. The van der Waals surface area contributed by atoms with E-state index in [1.165, 1.54) is 4.31 Å². The number of nitrogens with zero attached hydrogens (tertiary/aromatic N) is 3. The SMILES string of the molecule is Cl.Nc1ncc(-c2ccc(C(=O)N3CCN(S(=O)(=O)c4ccc5cc(Cl)ccc5c4)CC3)cc2)[nH]1. The van der Waals surface area contributed by atoms with E-state index in [0.29, 0.717) is 29.6 Å². The number of fused-ring (bicyclic) bond motifs is 1. The van der Waals surface area contributed by atoms with Gasteiger partial charge in [0.05, 0.1) is 16.8 Å². The Kier molecular flexibility index (Phi) is 7.05. The zero-order valence-electron chi connectivity index (χ0n) is 18.5. The smallest absolute Gasteiger partial charge is 0.253 e. The first-order valence-corrected chi connectivity index (χ1v) is 12.5. The maximum absolute atomic E-state index is 13.2. The van der Waals surface area contributed by atoms with Gasteiger partial charge < -0.3 is 15.6 Å². The van der Waals surface area contributed by atoms with Crippen molar-refractivity contribution in [2.45, 2.75) is 4.90 Å². The quantitative estimate of drug-likeness (QED) is 0.412. The van der Waals surface area contributed by atoms with Gasteiger partial charge in [0.1, 0.15) is 0 Å². The van der Waals surface area contributed by atoms with Crippen molar-refractivity contribution in [3.63, 3.8) is 0 Å². The summed E-state index contributed by atoms with van der Waals surface area (Å²) in [5.41, 5.74) is 7.80. The van der Waals surface area contributed by atoms with Gasteiger partial charge in [0.15, 0.2) is 5.95 Å². The fourth-order valence-corrected chi connectivity index (χ4v) is 5.73. The van der Waals surface area contributed by atoms with Crippen LogP contribution in [0.3, 0.4) is 0 Å². The van der Waals surface area contributed by atoms with Crippen molar-refractivity contribution in [1.82, 2.24) is 19.2 Å². The first kappa shape index (κ1) is 25.0. The van der Waals surface area contributed by atoms with Gasteiger partial charge in [0, 0.05) is 36.8 Å². The molecule has 3 N–H and O–H groups in total. The number of piperazine rings is 1. The number of aromatic nitrogens is 2. The monoisotopic (exact) mass is 531 g/mol. The van der Waals surface area contributed by atoms with Crippen LogP contribution in [0.4, 0.5) is 5.95 Å². The van der Waals surface area contributed by atoms with Gasteiger partial charge in [0.25, 0.3) is 5.91 Å². The standard InChI is InChI=1S/C24H22ClN5O3S.ClH/c25-20-7-5-19-14-21(8-6-18(19)13-20)34(32,33)30-11-9-29(10-12-30)23(31)17-3-1-16(2-4-17)22-15-27-24(26)28-22;/h1-8,13-15H,9-12H2,(H3,26,27,28);1H. The Morgan fingerprint density at radius 2 is 1.60 bits per heavy atom. The van der Waals surface area contributed by atoms with E-state index >= 15 is 0 Å². The van der Waals surface area contributed by atoms with Crippen molar-refractivity contribution in [1.29, 1.82) is 0 Å². The lowest BCUT2D eigenvalue weighted by Gasteiger charge is -2.34. The van der Waals surface area contributed by atoms with Crippen LogP contribution in [0.15, 0.2) is 71.8 Å². The number of anilines is 1. The number of amides is 1. The van der Waals surface area contributed by atoms with Crippen LogP contribution in [0.2, 0.25) is 5.02 Å². The number of carbonyl (C=O) groups excluding carboxylic acids is 1. The van der Waals surface area contributed by atoms with E-state index in [9.17, 15) is 13.2 Å². The molecule has 0 unspecified atom stereocenters. The molecule has 8 nitrogen and oxygen atoms in total. The van der Waals surface area contributed by atoms with Crippen LogP contribution in [0, 0.1) is 0 Å². The maximum atomic E-state index is 13.2. The molecular weight excluding hydrogens is 509 g/mol. The van der Waals surface area contributed by atoms with E-state index in [1.807, 2.05) is 12.1 Å². The molecule has 1 saturated heterocycles. The number of halogens is 2. The van der Waals surface area contributed by atoms with Crippen LogP contribution in [-0.4, -0.2) is 59.7 Å². The highest BCUT2D eigenvalue weighted by molar-refractivity contribution is 7.89. The van der Waals surface area contributed by atoms with Gasteiger partial charge in [-0.2, -0.15) is 4.31 Å². The van der Waals surface area contributed by atoms with Crippen molar-refractivity contribution >= 4 is 56.7 Å². The van der Waals surface area contributed by atoms with Crippen LogP contribution in [0.1, 0.15) is 10.4 Å². The molecule has 1 aliphatic heterocycles. The molecule has 0 atom stereocenters. The number of H-pyrrole nitrogens is 1. The van der Waals surface area contributed by atoms with Crippen molar-refractivity contribution in [3.05, 3.63) is 77.4 Å². The number of aromatic amines is 1. The number of imidazole rings is 1. The third kappa shape index (κ3) is 4.99. The summed E-state index contributed by atoms with van der Waals surface area (Å²) < 4.78 is 27.8. The molecule has 0 bridgehead atoms. The minimum absolute atomic E-state index is 0. The predicted molar refractivity (Wildman–Crippen MR) is 139 cm³/mol. The van der Waals surface area contributed by atoms with Gasteiger partial charge in [0.2, 0.25) is 10.0 Å². The predicted octanol–water partition coefficient (Wildman–Crippen LogP) is 4.03. The Bertz CT molecular complexity index is 1480. The Labute approximate surface area is 214 Å². The van der Waals surface area contributed by atoms with Crippen LogP contribution >= 0.6 is 24.0 Å². The molecule has 5 rings (SSSR count). The molecule has 1 aliphatic rings. The summed E-state index contributed by atoms with van der Waals surface area (Å²) in [6, 6.07) is 17.5. The molecule has 1 fully saturated rings. The summed E-state index contributed by atoms with van der Waals surface area (Å²) in [5.74, 6) is 0.200. The molecule has 35 heavy (non-hydrogen) atoms. The number of carbonyl (C=O) groups is 1. The number of nitrogens with two attached hydrogens (primary N) is 1. The molecule has 0 radical (unpaired) electrons. The molecule has 0 spiro atoms. The van der Waals surface area contributed by atoms with E-state index < -0.39 is 10.0 Å². The van der Waals surface area contributed by atoms with Gasteiger partial charge in [-0.25, -0.2) is 13.4 Å². The van der Waals surface area contributed by atoms with E-state index in [2.05, 4.69) is 9.97 Å². The summed E-state index contributed by atoms with van der Waals surface area (Å²) in [4.78, 5) is 21.8. The highest BCUT2D eigenvalue weighted by Gasteiger charge is 2.30. The van der Waals surface area contributed by atoms with E-state index in [-0.39, 0.29) is 36.3 Å². The van der Waals surface area contributed by atoms with Crippen molar-refractivity contribution < 1.29 is 13.2 Å². The fourth-order valence-electron chi connectivity index (χ4n) is 4.09. The molecule has 3 aromatic carbocycles. The Hall–Kier alpha value is -3.11. The summed E-state index contributed by atoms with van der Waals surface area (Å²) in [5, 5.41) is 2.29. The number of nitrogen functional groups attached to an aromatic ring is 1. The summed E-state index contributed by atoms with van der Waals surface area (Å²) in [6.45, 7) is 1.11. The molecule has 4 aromatic rings. The number of nitrogens with one attached hydrogen (secondary N) is 1. The number of hydrogen-bond acceptors (Lipinski definition) is 5. The van der Waals surface area contributed by atoms with Crippen molar-refractivity contribution in [2.24, 2.45) is 0 Å². The third-order valence-corrected chi connectivity index (χ3v) is 8.11. The topological polar surface area (TPSA) is 112 Å². The maximum Gasteiger partial charge on any atom is 0.253 e. The van der Waals surface area contributed by atoms with Crippen molar-refractivity contribution in [2.75, 3.05) is 31.9 Å². The normalized spacial score (nSPS) is 14.6. The molecule has 11 heteroatoms. The molecule has 0 aliphatic carbocycles. The van der Waals surface area contributed by atoms with Crippen molar-refractivity contribution in [3.8, 4) is 11.3 Å². The van der Waals surface area contributed by atoms with E-state index in [4.69, 9.17) is 17.3 Å². The Morgan fingerprint density at radius 3 is 2.26 bits per heavy atom. The van der Waals surface area contributed by atoms with Gasteiger partial charge in [-0.3, -0.25) is 4.79 Å². The summed E-state index contributed by atoms with van der Waals surface area (Å²) in [7, 11) is -3.67. The zero-order chi connectivity index (χ0) is 23.9. The molecule has 2 heterocycles. The largest absolute Gasteiger partial charge is 0.369 e. The average Bonchev–Trinajstić information content (AvgIpc) is 3.29. The van der Waals surface area contributed by atoms with Crippen LogP contribution in [0.5, 0.6) is 0 Å². The van der Waals surface area contributed by atoms with Gasteiger partial charge >= 0.3 is 0 Å². The molecule has 0 saturated carbocycles. The Balaban J connectivity index is 0.00000289. The lowest BCUT2D eigenvalue weighted by molar-refractivity contribution is 0.0698. The van der Waals surface area contributed by atoms with Gasteiger partial charge in [-0.15, -0.1) is 12.4 Å². The van der Waals surface area contributed by atoms with Gasteiger partial charge in [-0.05, 0) is 52.7 Å². The molecule has 1 amide bonds. The average molecular weight is 532 g/mol. The minimum Gasteiger partial charge on any atom is -0.369 e. The summed E-state index contributed by atoms with van der Waals surface area (Å²) >= 11 is 6.02. The molecular formula is C24H23Cl2N5O3S. The lowest BCUT2D eigenvalue weighted by Crippen LogP contribution is -2.50. The van der Waals surface area contributed by atoms with Gasteiger partial charge in [-0.1, -0.05) is 35.9 Å². The second-order valence-corrected chi connectivity index (χ2v) is 10.5. The first-order valence-electron chi connectivity index (χ1n) is 10.7. The number of hydrogen-bond donors (Lipinski definition) is 2. The third-order valence-electron chi connectivity index (χ3n) is 5.98. The fraction of sp³-hybridized carbons (Fsp3) is 0.167. The van der Waals surface area contributed by atoms with Crippen LogP contribution in [-0.2, 0) is 10.0 Å². The van der Waals surface area contributed by atoms with E-state index in [0.717, 1.165) is 22.0 Å². The highest BCUT2D eigenvalue weighted by Crippen LogP contribution is 2.25. The minimum atomic E-state index is -3.67. The second-order valence-electron chi connectivity index (χ2n) is 8.11. The number of rotatable bonds is 4. The highest BCUT2D eigenvalue weighted by atomic mass is 35.5. The number of sulfonamides is 1. The zero-order valence-corrected chi connectivity index (χ0v) is 20.9. The van der Waals surface area contributed by atoms with E-state index in [1.54, 1.807) is 59.6 Å². The second kappa shape index (κ2) is 9.87. The molecule has 182 valence electrons. The molecule has 1 aromatic heterocycles. The van der Waals surface area contributed by atoms with Crippen LogP contribution < -0.4 is 5.73 Å². The summed E-state index contributed by atoms with van der Waals surface area (Å²) in [6.07, 6.45) is 1.64. The Morgan fingerprint density at radius 1 is 0.943 bits per heavy atom. The lowest BCUT2D eigenvalue weighted by atomic mass is 10.1. The number of benzene rings is 3. The van der Waals surface area contributed by atoms with Crippen LogP contribution in [0.25, 0.3) is 22.0 Å².